The van der Waals surface area contributed by atoms with Gasteiger partial charge in [-0.2, -0.15) is 0 Å². The maximum atomic E-state index is 8.86. The molecule has 0 saturated carbocycles. The van der Waals surface area contributed by atoms with Crippen molar-refractivity contribution in [3.05, 3.63) is 59.7 Å². The van der Waals surface area contributed by atoms with Gasteiger partial charge in [0, 0.05) is 43.0 Å². The Hall–Kier alpha value is -1.82. The molecule has 0 radical (unpaired) electrons. The average molecular weight is 357 g/mol. The fourth-order valence-corrected chi connectivity index (χ4v) is 3.99. The molecule has 0 bridgehead atoms. The second-order valence-electron chi connectivity index (χ2n) is 6.15. The topological polar surface area (TPSA) is 51.0 Å². The van der Waals surface area contributed by atoms with Crippen LogP contribution in [0.25, 0.3) is 0 Å². The molecule has 1 aliphatic heterocycles. The first-order valence-electron chi connectivity index (χ1n) is 8.37. The van der Waals surface area contributed by atoms with Crippen LogP contribution in [0.3, 0.4) is 0 Å². The fourth-order valence-electron chi connectivity index (χ4n) is 3.11. The van der Waals surface area contributed by atoms with E-state index in [4.69, 9.17) is 14.7 Å². The summed E-state index contributed by atoms with van der Waals surface area (Å²) in [5, 5.41) is 12.1. The molecule has 1 saturated heterocycles. The van der Waals surface area contributed by atoms with E-state index < -0.39 is 0 Å². The third-order valence-electron chi connectivity index (χ3n) is 4.71. The van der Waals surface area contributed by atoms with Gasteiger partial charge in [-0.1, -0.05) is 41.2 Å². The highest BCUT2D eigenvalue weighted by molar-refractivity contribution is 7.99. The lowest BCUT2D eigenvalue weighted by Gasteiger charge is -2.36. The lowest BCUT2D eigenvalue weighted by molar-refractivity contribution is -0.0948. The van der Waals surface area contributed by atoms with Gasteiger partial charge in [-0.15, -0.1) is 0 Å². The highest BCUT2D eigenvalue weighted by Gasteiger charge is 2.34. The lowest BCUT2D eigenvalue weighted by atomic mass is 9.86. The van der Waals surface area contributed by atoms with Crippen LogP contribution >= 0.6 is 11.8 Å². The molecule has 0 unspecified atom stereocenters. The second-order valence-corrected chi connectivity index (χ2v) is 7.30. The number of ether oxygens (including phenoxy) is 2. The number of benzene rings is 2. The molecular weight excluding hydrogens is 334 g/mol. The molecule has 0 aliphatic carbocycles. The fraction of sp³-hybridized carbons (Fsp3) is 0.350. The van der Waals surface area contributed by atoms with Crippen LogP contribution in [0.5, 0.6) is 0 Å². The van der Waals surface area contributed by atoms with Crippen LogP contribution in [0.2, 0.25) is 0 Å². The van der Waals surface area contributed by atoms with Crippen LogP contribution in [-0.4, -0.2) is 31.2 Å². The zero-order chi connectivity index (χ0) is 17.7. The molecular formula is C20H23NO3S. The number of rotatable bonds is 5. The monoisotopic (exact) mass is 357 g/mol. The Kier molecular flexibility index (Phi) is 5.78. The first-order chi connectivity index (χ1) is 12.2. The molecule has 5 heteroatoms. The van der Waals surface area contributed by atoms with Crippen molar-refractivity contribution in [3.8, 4) is 0 Å². The van der Waals surface area contributed by atoms with Gasteiger partial charge in [-0.05, 0) is 42.3 Å². The average Bonchev–Trinajstić information content (AvgIpc) is 2.68. The smallest absolute Gasteiger partial charge is 0.0971 e. The van der Waals surface area contributed by atoms with Gasteiger partial charge in [0.1, 0.15) is 0 Å². The van der Waals surface area contributed by atoms with E-state index in [0.29, 0.717) is 5.71 Å². The van der Waals surface area contributed by atoms with E-state index in [1.54, 1.807) is 25.8 Å². The maximum absolute atomic E-state index is 8.86. The Morgan fingerprint density at radius 2 is 1.84 bits per heavy atom. The van der Waals surface area contributed by atoms with Crippen molar-refractivity contribution in [2.45, 2.75) is 35.2 Å². The minimum Gasteiger partial charge on any atom is -0.411 e. The molecule has 0 spiro atoms. The van der Waals surface area contributed by atoms with Gasteiger partial charge in [0.2, 0.25) is 0 Å². The van der Waals surface area contributed by atoms with E-state index >= 15 is 0 Å². The molecule has 25 heavy (non-hydrogen) atoms. The van der Waals surface area contributed by atoms with E-state index in [1.807, 2.05) is 24.3 Å². The normalized spacial score (nSPS) is 17.4. The van der Waals surface area contributed by atoms with E-state index in [1.165, 1.54) is 10.5 Å². The first-order valence-corrected chi connectivity index (χ1v) is 9.19. The Morgan fingerprint density at radius 3 is 2.48 bits per heavy atom. The molecule has 2 aromatic carbocycles. The van der Waals surface area contributed by atoms with Crippen molar-refractivity contribution in [1.29, 1.82) is 0 Å². The summed E-state index contributed by atoms with van der Waals surface area (Å²) in [6, 6.07) is 16.6. The Balaban J connectivity index is 1.80. The van der Waals surface area contributed by atoms with Crippen molar-refractivity contribution >= 4 is 17.5 Å². The van der Waals surface area contributed by atoms with Gasteiger partial charge in [0.05, 0.1) is 11.3 Å². The quantitative estimate of drug-likeness (QED) is 0.479. The molecule has 1 heterocycles. The Bertz CT molecular complexity index is 737. The standard InChI is InChI=1S/C20H23NO3S/c1-15(21-22)16-6-8-18(9-7-16)25-19-5-3-4-17(14-19)20(23-2)10-12-24-13-11-20/h3-9,14,22H,10-13H2,1-2H3. The summed E-state index contributed by atoms with van der Waals surface area (Å²) in [7, 11) is 1.79. The van der Waals surface area contributed by atoms with Crippen molar-refractivity contribution in [2.24, 2.45) is 5.16 Å². The van der Waals surface area contributed by atoms with Crippen molar-refractivity contribution < 1.29 is 14.7 Å². The largest absolute Gasteiger partial charge is 0.411 e. The predicted molar refractivity (Wildman–Crippen MR) is 99.7 cm³/mol. The third kappa shape index (κ3) is 4.06. The number of nitrogens with zero attached hydrogens (tertiary/aromatic N) is 1. The minimum atomic E-state index is -0.243. The molecule has 4 nitrogen and oxygen atoms in total. The van der Waals surface area contributed by atoms with Crippen LogP contribution in [0.4, 0.5) is 0 Å². The van der Waals surface area contributed by atoms with Gasteiger partial charge in [0.15, 0.2) is 0 Å². The highest BCUT2D eigenvalue weighted by atomic mass is 32.2. The molecule has 0 amide bonds. The van der Waals surface area contributed by atoms with E-state index in [2.05, 4.69) is 29.4 Å². The first kappa shape index (κ1) is 18.0. The maximum Gasteiger partial charge on any atom is 0.0971 e. The molecule has 0 aromatic heterocycles. The molecule has 0 atom stereocenters. The van der Waals surface area contributed by atoms with Gasteiger partial charge in [0.25, 0.3) is 0 Å². The van der Waals surface area contributed by atoms with E-state index in [9.17, 15) is 0 Å². The van der Waals surface area contributed by atoms with Crippen molar-refractivity contribution in [2.75, 3.05) is 20.3 Å². The Morgan fingerprint density at radius 1 is 1.12 bits per heavy atom. The van der Waals surface area contributed by atoms with Crippen LogP contribution in [0.15, 0.2) is 63.5 Å². The zero-order valence-corrected chi connectivity index (χ0v) is 15.4. The molecule has 1 fully saturated rings. The van der Waals surface area contributed by atoms with Crippen LogP contribution in [0, 0.1) is 0 Å². The number of oxime groups is 1. The zero-order valence-electron chi connectivity index (χ0n) is 14.6. The van der Waals surface area contributed by atoms with Gasteiger partial charge in [-0.3, -0.25) is 0 Å². The van der Waals surface area contributed by atoms with Crippen molar-refractivity contribution in [3.63, 3.8) is 0 Å². The summed E-state index contributed by atoms with van der Waals surface area (Å²) in [4.78, 5) is 2.32. The molecule has 1 aliphatic rings. The highest BCUT2D eigenvalue weighted by Crippen LogP contribution is 2.38. The minimum absolute atomic E-state index is 0.243. The van der Waals surface area contributed by atoms with Gasteiger partial charge in [-0.25, -0.2) is 0 Å². The molecule has 3 rings (SSSR count). The molecule has 2 aromatic rings. The summed E-state index contributed by atoms with van der Waals surface area (Å²) in [6.45, 7) is 3.25. The number of methoxy groups -OCH3 is 1. The summed E-state index contributed by atoms with van der Waals surface area (Å²) in [6.07, 6.45) is 1.76. The van der Waals surface area contributed by atoms with Crippen LogP contribution in [-0.2, 0) is 15.1 Å². The summed E-state index contributed by atoms with van der Waals surface area (Å²) >= 11 is 1.71. The lowest BCUT2D eigenvalue weighted by Crippen LogP contribution is -2.35. The SMILES string of the molecule is COC1(c2cccc(Sc3ccc(C(C)=NO)cc3)c2)CCOCC1. The number of hydrogen-bond acceptors (Lipinski definition) is 5. The Labute approximate surface area is 152 Å². The van der Waals surface area contributed by atoms with Crippen LogP contribution in [0.1, 0.15) is 30.9 Å². The predicted octanol–water partition coefficient (Wildman–Crippen LogP) is 4.69. The summed E-state index contributed by atoms with van der Waals surface area (Å²) in [5.74, 6) is 0. The van der Waals surface area contributed by atoms with Gasteiger partial charge >= 0.3 is 0 Å². The molecule has 1 N–H and O–H groups in total. The summed E-state index contributed by atoms with van der Waals surface area (Å²) in [5.41, 5.74) is 2.50. The van der Waals surface area contributed by atoms with E-state index in [-0.39, 0.29) is 5.60 Å². The van der Waals surface area contributed by atoms with E-state index in [0.717, 1.165) is 36.5 Å². The molecule has 132 valence electrons. The van der Waals surface area contributed by atoms with Gasteiger partial charge < -0.3 is 14.7 Å². The second kappa shape index (κ2) is 8.04. The summed E-state index contributed by atoms with van der Waals surface area (Å²) < 4.78 is 11.4. The van der Waals surface area contributed by atoms with Crippen molar-refractivity contribution in [1.82, 2.24) is 0 Å². The third-order valence-corrected chi connectivity index (χ3v) is 5.71. The van der Waals surface area contributed by atoms with Crippen LogP contribution < -0.4 is 0 Å². The number of hydrogen-bond donors (Lipinski definition) is 1.